The number of pyridine rings is 1. The van der Waals surface area contributed by atoms with Gasteiger partial charge in [0.1, 0.15) is 0 Å². The molecule has 2 heterocycles. The molecule has 0 atom stereocenters. The molecule has 1 N–H and O–H groups in total. The fraction of sp³-hybridized carbons (Fsp3) is 0.353. The van der Waals surface area contributed by atoms with Gasteiger partial charge in [0.2, 0.25) is 5.88 Å². The molecule has 0 bridgehead atoms. The number of rotatable bonds is 4. The standard InChI is InChI=1S/C17H21N3O/c1-21-17-16(7-4-8-19-17)15-6-3-2-5-14(15)13-20-11-9-18-10-12-20/h2-8,18H,9-13H2,1H3. The Morgan fingerprint density at radius 1 is 1.10 bits per heavy atom. The quantitative estimate of drug-likeness (QED) is 0.933. The van der Waals surface area contributed by atoms with E-state index in [-0.39, 0.29) is 0 Å². The third-order valence-electron chi connectivity index (χ3n) is 3.88. The molecule has 1 aromatic heterocycles. The Bertz CT molecular complexity index is 594. The first-order chi connectivity index (χ1) is 10.4. The smallest absolute Gasteiger partial charge is 0.221 e. The van der Waals surface area contributed by atoms with E-state index < -0.39 is 0 Å². The van der Waals surface area contributed by atoms with Crippen LogP contribution < -0.4 is 10.1 Å². The SMILES string of the molecule is COc1ncccc1-c1ccccc1CN1CCNCC1. The summed E-state index contributed by atoms with van der Waals surface area (Å²) < 4.78 is 5.41. The molecular weight excluding hydrogens is 262 g/mol. The van der Waals surface area contributed by atoms with Gasteiger partial charge in [-0.2, -0.15) is 0 Å². The molecule has 21 heavy (non-hydrogen) atoms. The van der Waals surface area contributed by atoms with Crippen molar-refractivity contribution in [2.24, 2.45) is 0 Å². The van der Waals surface area contributed by atoms with Gasteiger partial charge in [0.25, 0.3) is 0 Å². The number of ether oxygens (including phenoxy) is 1. The maximum absolute atomic E-state index is 5.41. The fourth-order valence-electron chi connectivity index (χ4n) is 2.79. The number of hydrogen-bond acceptors (Lipinski definition) is 4. The van der Waals surface area contributed by atoms with Crippen LogP contribution >= 0.6 is 0 Å². The summed E-state index contributed by atoms with van der Waals surface area (Å²) in [5.74, 6) is 0.685. The van der Waals surface area contributed by atoms with Gasteiger partial charge in [-0.3, -0.25) is 4.90 Å². The van der Waals surface area contributed by atoms with Crippen molar-refractivity contribution in [3.63, 3.8) is 0 Å². The van der Waals surface area contributed by atoms with Gasteiger partial charge in [0.05, 0.1) is 7.11 Å². The van der Waals surface area contributed by atoms with Crippen molar-refractivity contribution in [1.82, 2.24) is 15.2 Å². The molecule has 1 aliphatic rings. The Kier molecular flexibility index (Phi) is 4.48. The summed E-state index contributed by atoms with van der Waals surface area (Å²) in [7, 11) is 1.67. The van der Waals surface area contributed by atoms with Crippen molar-refractivity contribution >= 4 is 0 Å². The van der Waals surface area contributed by atoms with E-state index >= 15 is 0 Å². The summed E-state index contributed by atoms with van der Waals surface area (Å²) >= 11 is 0. The largest absolute Gasteiger partial charge is 0.481 e. The van der Waals surface area contributed by atoms with Crippen LogP contribution in [0.3, 0.4) is 0 Å². The first-order valence-electron chi connectivity index (χ1n) is 7.39. The van der Waals surface area contributed by atoms with Crippen LogP contribution in [0.2, 0.25) is 0 Å². The predicted molar refractivity (Wildman–Crippen MR) is 84.4 cm³/mol. The zero-order valence-electron chi connectivity index (χ0n) is 12.4. The van der Waals surface area contributed by atoms with Crippen LogP contribution in [0.25, 0.3) is 11.1 Å². The Morgan fingerprint density at radius 2 is 1.86 bits per heavy atom. The summed E-state index contributed by atoms with van der Waals surface area (Å²) in [5, 5.41) is 3.39. The lowest BCUT2D eigenvalue weighted by Gasteiger charge is -2.28. The van der Waals surface area contributed by atoms with Gasteiger partial charge < -0.3 is 10.1 Å². The Balaban J connectivity index is 1.91. The lowest BCUT2D eigenvalue weighted by atomic mass is 10.00. The van der Waals surface area contributed by atoms with Crippen LogP contribution in [-0.4, -0.2) is 43.2 Å². The Morgan fingerprint density at radius 3 is 2.67 bits per heavy atom. The maximum Gasteiger partial charge on any atom is 0.221 e. The topological polar surface area (TPSA) is 37.4 Å². The molecule has 1 aromatic carbocycles. The van der Waals surface area contributed by atoms with Gasteiger partial charge in [-0.05, 0) is 23.3 Å². The second-order valence-electron chi connectivity index (χ2n) is 5.24. The van der Waals surface area contributed by atoms with Crippen LogP contribution in [0, 0.1) is 0 Å². The Labute approximate surface area is 125 Å². The van der Waals surface area contributed by atoms with E-state index in [1.165, 1.54) is 11.1 Å². The van der Waals surface area contributed by atoms with Crippen LogP contribution in [0.1, 0.15) is 5.56 Å². The zero-order chi connectivity index (χ0) is 14.5. The minimum absolute atomic E-state index is 0.685. The van der Waals surface area contributed by atoms with Crippen LogP contribution in [-0.2, 0) is 6.54 Å². The molecule has 1 aliphatic heterocycles. The number of methoxy groups -OCH3 is 1. The third kappa shape index (κ3) is 3.23. The minimum atomic E-state index is 0.685. The molecule has 0 radical (unpaired) electrons. The molecule has 0 aliphatic carbocycles. The third-order valence-corrected chi connectivity index (χ3v) is 3.88. The molecule has 3 rings (SSSR count). The van der Waals surface area contributed by atoms with E-state index in [0.717, 1.165) is 38.3 Å². The lowest BCUT2D eigenvalue weighted by Crippen LogP contribution is -2.42. The molecule has 0 unspecified atom stereocenters. The molecule has 110 valence electrons. The molecule has 1 fully saturated rings. The van der Waals surface area contributed by atoms with E-state index in [1.807, 2.05) is 6.07 Å². The van der Waals surface area contributed by atoms with Crippen molar-refractivity contribution in [2.75, 3.05) is 33.3 Å². The predicted octanol–water partition coefficient (Wildman–Crippen LogP) is 2.16. The highest BCUT2D eigenvalue weighted by molar-refractivity contribution is 5.71. The van der Waals surface area contributed by atoms with Gasteiger partial charge in [-0.1, -0.05) is 24.3 Å². The minimum Gasteiger partial charge on any atom is -0.481 e. The zero-order valence-corrected chi connectivity index (χ0v) is 12.4. The van der Waals surface area contributed by atoms with Gasteiger partial charge in [-0.25, -0.2) is 4.98 Å². The second kappa shape index (κ2) is 6.70. The van der Waals surface area contributed by atoms with Crippen molar-refractivity contribution in [1.29, 1.82) is 0 Å². The molecule has 0 spiro atoms. The molecule has 4 heteroatoms. The van der Waals surface area contributed by atoms with Gasteiger partial charge in [0.15, 0.2) is 0 Å². The Hall–Kier alpha value is -1.91. The molecule has 0 amide bonds. The van der Waals surface area contributed by atoms with Crippen molar-refractivity contribution in [3.05, 3.63) is 48.2 Å². The molecule has 0 saturated carbocycles. The van der Waals surface area contributed by atoms with E-state index in [9.17, 15) is 0 Å². The molecule has 2 aromatic rings. The second-order valence-corrected chi connectivity index (χ2v) is 5.24. The average molecular weight is 283 g/mol. The molecule has 4 nitrogen and oxygen atoms in total. The summed E-state index contributed by atoms with van der Waals surface area (Å²) in [6.07, 6.45) is 1.77. The van der Waals surface area contributed by atoms with Crippen LogP contribution in [0.4, 0.5) is 0 Å². The highest BCUT2D eigenvalue weighted by Gasteiger charge is 2.14. The fourth-order valence-corrected chi connectivity index (χ4v) is 2.79. The number of piperazine rings is 1. The molecule has 1 saturated heterocycles. The number of nitrogens with one attached hydrogen (secondary N) is 1. The summed E-state index contributed by atoms with van der Waals surface area (Å²) in [4.78, 5) is 6.80. The van der Waals surface area contributed by atoms with Gasteiger partial charge in [-0.15, -0.1) is 0 Å². The van der Waals surface area contributed by atoms with Crippen LogP contribution in [0.5, 0.6) is 5.88 Å². The van der Waals surface area contributed by atoms with E-state index in [2.05, 4.69) is 45.5 Å². The van der Waals surface area contributed by atoms with E-state index in [4.69, 9.17) is 4.74 Å². The van der Waals surface area contributed by atoms with Gasteiger partial charge >= 0.3 is 0 Å². The van der Waals surface area contributed by atoms with E-state index in [0.29, 0.717) is 5.88 Å². The first-order valence-corrected chi connectivity index (χ1v) is 7.39. The highest BCUT2D eigenvalue weighted by atomic mass is 16.5. The number of aromatic nitrogens is 1. The normalized spacial score (nSPS) is 15.9. The average Bonchev–Trinajstić information content (AvgIpc) is 2.56. The first kappa shape index (κ1) is 14.0. The highest BCUT2D eigenvalue weighted by Crippen LogP contribution is 2.31. The number of benzene rings is 1. The van der Waals surface area contributed by atoms with E-state index in [1.54, 1.807) is 13.3 Å². The summed E-state index contributed by atoms with van der Waals surface area (Å²) in [6.45, 7) is 5.30. The number of nitrogens with zero attached hydrogens (tertiary/aromatic N) is 2. The summed E-state index contributed by atoms with van der Waals surface area (Å²) in [5.41, 5.74) is 3.59. The van der Waals surface area contributed by atoms with Gasteiger partial charge in [0, 0.05) is 44.5 Å². The van der Waals surface area contributed by atoms with Crippen molar-refractivity contribution in [3.8, 4) is 17.0 Å². The van der Waals surface area contributed by atoms with Crippen molar-refractivity contribution < 1.29 is 4.74 Å². The van der Waals surface area contributed by atoms with Crippen LogP contribution in [0.15, 0.2) is 42.6 Å². The van der Waals surface area contributed by atoms with Crippen molar-refractivity contribution in [2.45, 2.75) is 6.54 Å². The summed E-state index contributed by atoms with van der Waals surface area (Å²) in [6, 6.07) is 12.6. The maximum atomic E-state index is 5.41. The number of hydrogen-bond donors (Lipinski definition) is 1. The monoisotopic (exact) mass is 283 g/mol. The molecular formula is C17H21N3O. The lowest BCUT2D eigenvalue weighted by molar-refractivity contribution is 0.233.